The van der Waals surface area contributed by atoms with Crippen LogP contribution in [-0.2, 0) is 16.1 Å². The van der Waals surface area contributed by atoms with Crippen LogP contribution in [0.15, 0.2) is 98.7 Å². The molecule has 2 aliphatic heterocycles. The fourth-order valence-electron chi connectivity index (χ4n) is 4.15. The van der Waals surface area contributed by atoms with Crippen molar-refractivity contribution in [3.63, 3.8) is 0 Å². The smallest absolute Gasteiger partial charge is 0.269 e. The van der Waals surface area contributed by atoms with E-state index in [-0.39, 0.29) is 11.8 Å². The third-order valence-corrected chi connectivity index (χ3v) is 8.72. The van der Waals surface area contributed by atoms with Crippen LogP contribution in [0.2, 0.25) is 0 Å². The maximum atomic E-state index is 13.8. The molecule has 3 aromatic carbocycles. The Morgan fingerprint density at radius 3 is 2.53 bits per heavy atom. The highest BCUT2D eigenvalue weighted by atomic mass is 32.2. The zero-order valence-corrected chi connectivity index (χ0v) is 23.2. The van der Waals surface area contributed by atoms with Gasteiger partial charge in [-0.05, 0) is 61.2 Å². The minimum Gasteiger partial charge on any atom is -0.337 e. The highest BCUT2D eigenvalue weighted by molar-refractivity contribution is 8.19. The van der Waals surface area contributed by atoms with E-state index in [0.29, 0.717) is 34.5 Å². The van der Waals surface area contributed by atoms with Gasteiger partial charge in [0, 0.05) is 17.6 Å². The van der Waals surface area contributed by atoms with Crippen LogP contribution < -0.4 is 10.2 Å². The van der Waals surface area contributed by atoms with Gasteiger partial charge in [-0.15, -0.1) is 0 Å². The highest BCUT2D eigenvalue weighted by Gasteiger charge is 2.39. The number of fused-ring (bicyclic) bond motifs is 1. The number of carbonyl (C=O) groups is 2. The predicted molar refractivity (Wildman–Crippen MR) is 158 cm³/mol. The summed E-state index contributed by atoms with van der Waals surface area (Å²) in [5.74, 6) is -0.144. The fraction of sp³-hybridized carbons (Fsp3) is 0.207. The average Bonchev–Trinajstić information content (AvgIpc) is 3.41. The number of hydrogen-bond acceptors (Lipinski definition) is 7. The van der Waals surface area contributed by atoms with E-state index in [2.05, 4.69) is 22.3 Å². The van der Waals surface area contributed by atoms with E-state index < -0.39 is 0 Å². The van der Waals surface area contributed by atoms with Crippen molar-refractivity contribution in [2.45, 2.75) is 18.4 Å². The number of nitrogens with zero attached hydrogens (tertiary/aromatic N) is 4. The Morgan fingerprint density at radius 2 is 1.76 bits per heavy atom. The van der Waals surface area contributed by atoms with Gasteiger partial charge in [0.15, 0.2) is 5.17 Å². The zero-order valence-electron chi connectivity index (χ0n) is 21.5. The largest absolute Gasteiger partial charge is 0.337 e. The standard InChI is InChI=1S/C29H29N5O2S2/c1-4-32(2)19-25(35)30-21-13-10-14-22(17-21)31-29-34(18-20-11-6-5-7-12-20)27(36)26(38-29)28-33(3)23-15-8-9-16-24(23)37-28/h5-17H,4,18-19H2,1-3H3,(H,30,35). The molecule has 0 unspecified atom stereocenters. The Hall–Kier alpha value is -3.53. The summed E-state index contributed by atoms with van der Waals surface area (Å²) in [4.78, 5) is 38.6. The molecule has 0 radical (unpaired) electrons. The molecule has 7 nitrogen and oxygen atoms in total. The van der Waals surface area contributed by atoms with Crippen LogP contribution >= 0.6 is 23.5 Å². The summed E-state index contributed by atoms with van der Waals surface area (Å²) in [6.07, 6.45) is 0. The molecule has 0 bridgehead atoms. The number of likely N-dealkylation sites (N-methyl/N-ethyl adjacent to an activating group) is 1. The van der Waals surface area contributed by atoms with Gasteiger partial charge >= 0.3 is 0 Å². The molecule has 2 heterocycles. The Bertz CT molecular complexity index is 1420. The van der Waals surface area contributed by atoms with Gasteiger partial charge in [0.1, 0.15) is 4.91 Å². The number of amides is 2. The molecule has 0 spiro atoms. The van der Waals surface area contributed by atoms with Crippen LogP contribution in [0.4, 0.5) is 17.1 Å². The van der Waals surface area contributed by atoms with Gasteiger partial charge in [-0.25, -0.2) is 4.99 Å². The first-order valence-corrected chi connectivity index (χ1v) is 14.0. The lowest BCUT2D eigenvalue weighted by molar-refractivity contribution is -0.122. The second-order valence-corrected chi connectivity index (χ2v) is 11.1. The van der Waals surface area contributed by atoms with Crippen LogP contribution in [-0.4, -0.2) is 54.0 Å². The van der Waals surface area contributed by atoms with Crippen LogP contribution in [0.5, 0.6) is 0 Å². The van der Waals surface area contributed by atoms with Crippen molar-refractivity contribution in [3.05, 3.63) is 94.4 Å². The molecule has 1 saturated heterocycles. The Balaban J connectivity index is 1.46. The number of nitrogens with one attached hydrogen (secondary N) is 1. The first-order valence-electron chi connectivity index (χ1n) is 12.4. The third-order valence-electron chi connectivity index (χ3n) is 6.29. The van der Waals surface area contributed by atoms with E-state index in [1.54, 1.807) is 16.7 Å². The normalized spacial score (nSPS) is 18.0. The number of para-hydroxylation sites is 1. The average molecular weight is 544 g/mol. The van der Waals surface area contributed by atoms with Crippen molar-refractivity contribution in [2.24, 2.45) is 4.99 Å². The second kappa shape index (κ2) is 11.5. The van der Waals surface area contributed by atoms with E-state index >= 15 is 0 Å². The summed E-state index contributed by atoms with van der Waals surface area (Å²) in [6, 6.07) is 25.5. The zero-order chi connectivity index (χ0) is 26.6. The number of rotatable bonds is 7. The first kappa shape index (κ1) is 26.1. The molecule has 0 atom stereocenters. The van der Waals surface area contributed by atoms with Gasteiger partial charge in [0.05, 0.1) is 29.5 Å². The molecule has 1 N–H and O–H groups in total. The van der Waals surface area contributed by atoms with Crippen molar-refractivity contribution >= 4 is 57.6 Å². The summed E-state index contributed by atoms with van der Waals surface area (Å²) in [7, 11) is 3.90. The summed E-state index contributed by atoms with van der Waals surface area (Å²) >= 11 is 3.00. The summed E-state index contributed by atoms with van der Waals surface area (Å²) in [6.45, 7) is 3.54. The Kier molecular flexibility index (Phi) is 7.87. The lowest BCUT2D eigenvalue weighted by atomic mass is 10.2. The summed E-state index contributed by atoms with van der Waals surface area (Å²) < 4.78 is 0. The van der Waals surface area contributed by atoms with E-state index in [1.165, 1.54) is 11.8 Å². The Labute approximate surface area is 231 Å². The first-order chi connectivity index (χ1) is 18.4. The molecule has 1 fully saturated rings. The monoisotopic (exact) mass is 543 g/mol. The SMILES string of the molecule is CCN(C)CC(=O)Nc1cccc(N=C2SC(=C3Sc4ccccc4N3C)C(=O)N2Cc2ccccc2)c1. The maximum Gasteiger partial charge on any atom is 0.269 e. The highest BCUT2D eigenvalue weighted by Crippen LogP contribution is 2.50. The number of amidine groups is 1. The molecule has 0 aromatic heterocycles. The van der Waals surface area contributed by atoms with Crippen molar-refractivity contribution in [3.8, 4) is 0 Å². The molecule has 9 heteroatoms. The topological polar surface area (TPSA) is 68.2 Å². The molecule has 194 valence electrons. The predicted octanol–water partition coefficient (Wildman–Crippen LogP) is 5.75. The lowest BCUT2D eigenvalue weighted by Crippen LogP contribution is -2.29. The van der Waals surface area contributed by atoms with Crippen LogP contribution in [0.25, 0.3) is 0 Å². The van der Waals surface area contributed by atoms with Crippen LogP contribution in [0, 0.1) is 0 Å². The van der Waals surface area contributed by atoms with E-state index in [4.69, 9.17) is 4.99 Å². The quantitative estimate of drug-likeness (QED) is 0.383. The molecular formula is C29H29N5O2S2. The maximum absolute atomic E-state index is 13.8. The molecule has 2 amide bonds. The van der Waals surface area contributed by atoms with E-state index in [1.807, 2.05) is 92.6 Å². The number of benzene rings is 3. The van der Waals surface area contributed by atoms with Gasteiger partial charge < -0.3 is 10.2 Å². The van der Waals surface area contributed by atoms with E-state index in [9.17, 15) is 9.59 Å². The summed E-state index contributed by atoms with van der Waals surface area (Å²) in [5.41, 5.74) is 3.45. The van der Waals surface area contributed by atoms with Gasteiger partial charge in [-0.3, -0.25) is 19.4 Å². The molecule has 0 saturated carbocycles. The number of carbonyl (C=O) groups excluding carboxylic acids is 2. The molecule has 38 heavy (non-hydrogen) atoms. The minimum absolute atomic E-state index is 0.0631. The molecule has 5 rings (SSSR count). The lowest BCUT2D eigenvalue weighted by Gasteiger charge is -2.17. The van der Waals surface area contributed by atoms with E-state index in [0.717, 1.165) is 27.7 Å². The van der Waals surface area contributed by atoms with Crippen molar-refractivity contribution in [1.82, 2.24) is 9.80 Å². The minimum atomic E-state index is -0.0804. The number of anilines is 2. The fourth-order valence-corrected chi connectivity index (χ4v) is 6.49. The van der Waals surface area contributed by atoms with Gasteiger partial charge in [-0.2, -0.15) is 0 Å². The van der Waals surface area contributed by atoms with Crippen LogP contribution in [0.1, 0.15) is 12.5 Å². The molecule has 3 aromatic rings. The number of hydrogen-bond donors (Lipinski definition) is 1. The second-order valence-electron chi connectivity index (χ2n) is 9.07. The molecular weight excluding hydrogens is 514 g/mol. The van der Waals surface area contributed by atoms with Crippen molar-refractivity contribution in [2.75, 3.05) is 37.4 Å². The van der Waals surface area contributed by atoms with Gasteiger partial charge in [0.2, 0.25) is 5.91 Å². The van der Waals surface area contributed by atoms with Gasteiger partial charge in [0.25, 0.3) is 5.91 Å². The molecule has 2 aliphatic rings. The summed E-state index contributed by atoms with van der Waals surface area (Å²) in [5, 5.41) is 4.46. The van der Waals surface area contributed by atoms with Crippen LogP contribution in [0.3, 0.4) is 0 Å². The van der Waals surface area contributed by atoms with Gasteiger partial charge in [-0.1, -0.05) is 67.2 Å². The number of aliphatic imine (C=N–C) groups is 1. The van der Waals surface area contributed by atoms with Crippen molar-refractivity contribution in [1.29, 1.82) is 0 Å². The molecule has 0 aliphatic carbocycles. The van der Waals surface area contributed by atoms with Crippen molar-refractivity contribution < 1.29 is 9.59 Å². The third kappa shape index (κ3) is 5.65. The Morgan fingerprint density at radius 1 is 1.00 bits per heavy atom. The number of thioether (sulfide) groups is 2.